The highest BCUT2D eigenvalue weighted by Crippen LogP contribution is 2.44. The second-order valence-corrected chi connectivity index (χ2v) is 16.1. The lowest BCUT2D eigenvalue weighted by Gasteiger charge is -2.34. The van der Waals surface area contributed by atoms with Crippen molar-refractivity contribution in [3.63, 3.8) is 0 Å². The summed E-state index contributed by atoms with van der Waals surface area (Å²) in [5.41, 5.74) is 9.25. The van der Waals surface area contributed by atoms with Crippen molar-refractivity contribution >= 4 is 50.1 Å². The summed E-state index contributed by atoms with van der Waals surface area (Å²) < 4.78 is 48.9. The van der Waals surface area contributed by atoms with Crippen LogP contribution in [0.1, 0.15) is 16.8 Å². The molecule has 63 heavy (non-hydrogen) atoms. The summed E-state index contributed by atoms with van der Waals surface area (Å²) in [6.07, 6.45) is 0. The van der Waals surface area contributed by atoms with Crippen LogP contribution < -0.4 is 20.3 Å². The van der Waals surface area contributed by atoms with E-state index in [2.05, 4.69) is 52.3 Å². The number of nitrogens with two attached hydrogens (primary N) is 1. The summed E-state index contributed by atoms with van der Waals surface area (Å²) in [5.74, 6) is -0.0588. The first kappa shape index (κ1) is 39.5. The molecule has 0 unspecified atom stereocenters. The number of phenols is 1. The number of fused-ring (bicyclic) bond motifs is 2. The number of nitrogen functional groups attached to an aromatic ring is 1. The Morgan fingerprint density at radius 1 is 0.810 bits per heavy atom. The van der Waals surface area contributed by atoms with Crippen LogP contribution in [0, 0.1) is 41.2 Å². The molecule has 2 fully saturated rings. The molecule has 5 N–H and O–H groups in total. The van der Waals surface area contributed by atoms with E-state index in [1.807, 2.05) is 30.0 Å². The van der Waals surface area contributed by atoms with Crippen molar-refractivity contribution in [3.05, 3.63) is 89.1 Å². The number of H-pyrrole nitrogens is 2. The first-order chi connectivity index (χ1) is 30.7. The fourth-order valence-electron chi connectivity index (χ4n) is 8.16. The molecule has 0 spiro atoms. The number of nitriles is 2. The molecule has 19 heteroatoms. The average molecular weight is 867 g/mol. The number of nitrogens with one attached hydrogen (secondary N) is 2. The fourth-order valence-corrected chi connectivity index (χ4v) is 9.28. The number of ether oxygens (including phenoxy) is 2. The first-order valence-electron chi connectivity index (χ1n) is 20.0. The Bertz CT molecular complexity index is 3150. The molecule has 0 atom stereocenters. The first-order valence-corrected chi connectivity index (χ1v) is 20.8. The minimum absolute atomic E-state index is 0.0864. The van der Waals surface area contributed by atoms with Crippen LogP contribution >= 0.6 is 11.3 Å². The molecular formula is C44H36F2N12O4S. The topological polar surface area (TPSA) is 218 Å². The zero-order chi connectivity index (χ0) is 43.4. The number of morpholine rings is 1. The smallest absolute Gasteiger partial charge is 0.196 e. The number of halogens is 2. The molecule has 0 saturated carbocycles. The molecule has 2 aliphatic rings. The van der Waals surface area contributed by atoms with Gasteiger partial charge in [-0.25, -0.2) is 18.7 Å². The van der Waals surface area contributed by atoms with Crippen LogP contribution in [0.5, 0.6) is 11.5 Å². The van der Waals surface area contributed by atoms with Crippen LogP contribution in [-0.2, 0) is 4.74 Å². The van der Waals surface area contributed by atoms with Gasteiger partial charge in [-0.3, -0.25) is 15.1 Å². The number of furan rings is 1. The molecule has 2 aliphatic heterocycles. The third kappa shape index (κ3) is 7.07. The monoisotopic (exact) mass is 866 g/mol. The molecule has 0 radical (unpaired) electrons. The van der Waals surface area contributed by atoms with Gasteiger partial charge in [0.25, 0.3) is 0 Å². The van der Waals surface area contributed by atoms with Crippen molar-refractivity contribution in [1.82, 2.24) is 35.3 Å². The van der Waals surface area contributed by atoms with Crippen molar-refractivity contribution in [2.45, 2.75) is 6.92 Å². The van der Waals surface area contributed by atoms with Crippen LogP contribution in [0.25, 0.3) is 66.3 Å². The molecular weight excluding hydrogens is 831 g/mol. The van der Waals surface area contributed by atoms with E-state index in [-0.39, 0.29) is 57.6 Å². The number of hydrogen-bond donors (Lipinski definition) is 4. The van der Waals surface area contributed by atoms with Crippen LogP contribution in [0.15, 0.2) is 65.1 Å². The summed E-state index contributed by atoms with van der Waals surface area (Å²) in [5, 5.41) is 47.1. The molecule has 0 aliphatic carbocycles. The van der Waals surface area contributed by atoms with Crippen molar-refractivity contribution in [1.29, 1.82) is 10.5 Å². The number of phenolic OH excluding ortho intramolecular Hbond substituents is 1. The van der Waals surface area contributed by atoms with Crippen molar-refractivity contribution < 1.29 is 27.8 Å². The van der Waals surface area contributed by atoms with E-state index in [0.29, 0.717) is 97.4 Å². The maximum Gasteiger partial charge on any atom is 0.196 e. The average Bonchev–Trinajstić information content (AvgIpc) is 4.13. The molecule has 2 saturated heterocycles. The molecule has 6 aromatic heterocycles. The van der Waals surface area contributed by atoms with Gasteiger partial charge in [0, 0.05) is 84.7 Å². The number of piperazine rings is 1. The molecule has 8 heterocycles. The highest BCUT2D eigenvalue weighted by Gasteiger charge is 2.28. The highest BCUT2D eigenvalue weighted by molar-refractivity contribution is 7.19. The van der Waals surface area contributed by atoms with Crippen LogP contribution in [-0.4, -0.2) is 99.6 Å². The SMILES string of the molecule is Cc1[nH]nc2nc(-c3ccc(O)cc3F)c(C#N)c(-c3ccc(N4CCN(COc5ccc(-c6nc7n[nH]c(N)c7c(-c7ccc(N8CCOCC8)o7)c6C#N)c(F)c5)CC4)s3)c12. The molecule has 0 bridgehead atoms. The molecule has 2 aromatic carbocycles. The van der Waals surface area contributed by atoms with Gasteiger partial charge in [0.05, 0.1) is 57.1 Å². The van der Waals surface area contributed by atoms with E-state index in [4.69, 9.17) is 19.6 Å². The second kappa shape index (κ2) is 16.0. The van der Waals surface area contributed by atoms with Gasteiger partial charge in [-0.15, -0.1) is 11.3 Å². The summed E-state index contributed by atoms with van der Waals surface area (Å²) in [6, 6.07) is 20.2. The minimum Gasteiger partial charge on any atom is -0.508 e. The predicted octanol–water partition coefficient (Wildman–Crippen LogP) is 7.16. The van der Waals surface area contributed by atoms with E-state index in [9.17, 15) is 15.6 Å². The van der Waals surface area contributed by atoms with Crippen LogP contribution in [0.4, 0.5) is 25.5 Å². The summed E-state index contributed by atoms with van der Waals surface area (Å²) in [7, 11) is 0. The number of aryl methyl sites for hydroxylation is 1. The van der Waals surface area contributed by atoms with E-state index in [1.165, 1.54) is 35.6 Å². The number of rotatable bonds is 9. The number of nitrogens with zero attached hydrogens (tertiary/aromatic N) is 9. The van der Waals surface area contributed by atoms with Gasteiger partial charge in [-0.05, 0) is 49.4 Å². The lowest BCUT2D eigenvalue weighted by Crippen LogP contribution is -2.47. The summed E-state index contributed by atoms with van der Waals surface area (Å²) in [6.45, 7) is 7.18. The Kier molecular flexibility index (Phi) is 10.1. The van der Waals surface area contributed by atoms with Gasteiger partial charge >= 0.3 is 0 Å². The van der Waals surface area contributed by atoms with Gasteiger partial charge in [0.2, 0.25) is 0 Å². The van der Waals surface area contributed by atoms with Gasteiger partial charge in [0.1, 0.15) is 53.6 Å². The molecule has 16 nitrogen and oxygen atoms in total. The molecule has 0 amide bonds. The fraction of sp³-hybridized carbons (Fsp3) is 0.227. The number of aromatic nitrogens is 6. The molecule has 316 valence electrons. The minimum atomic E-state index is -0.702. The number of hydrogen-bond acceptors (Lipinski definition) is 15. The van der Waals surface area contributed by atoms with Gasteiger partial charge in [-0.1, -0.05) is 0 Å². The Labute approximate surface area is 361 Å². The number of aromatic hydroxyl groups is 1. The van der Waals surface area contributed by atoms with E-state index < -0.39 is 11.6 Å². The number of anilines is 3. The second-order valence-electron chi connectivity index (χ2n) is 15.1. The highest BCUT2D eigenvalue weighted by atomic mass is 32.1. The lowest BCUT2D eigenvalue weighted by molar-refractivity contribution is 0.120. The third-order valence-corrected chi connectivity index (χ3v) is 12.5. The normalized spacial score (nSPS) is 14.7. The van der Waals surface area contributed by atoms with E-state index in [1.54, 1.807) is 12.1 Å². The molecule has 10 rings (SSSR count). The van der Waals surface area contributed by atoms with Crippen molar-refractivity contribution in [2.75, 3.05) is 74.7 Å². The van der Waals surface area contributed by atoms with E-state index in [0.717, 1.165) is 21.6 Å². The zero-order valence-electron chi connectivity index (χ0n) is 33.6. The maximum atomic E-state index is 16.1. The van der Waals surface area contributed by atoms with Gasteiger partial charge in [0.15, 0.2) is 17.2 Å². The van der Waals surface area contributed by atoms with E-state index >= 15 is 8.78 Å². The number of benzene rings is 2. The number of thiophene rings is 1. The number of pyridine rings is 2. The molecule has 8 aromatic rings. The van der Waals surface area contributed by atoms with Crippen LogP contribution in [0.2, 0.25) is 0 Å². The Balaban J connectivity index is 0.845. The Hall–Kier alpha value is -7.58. The Morgan fingerprint density at radius 3 is 2.21 bits per heavy atom. The quantitative estimate of drug-likeness (QED) is 0.113. The van der Waals surface area contributed by atoms with Crippen LogP contribution in [0.3, 0.4) is 0 Å². The third-order valence-electron chi connectivity index (χ3n) is 11.3. The van der Waals surface area contributed by atoms with Crippen molar-refractivity contribution in [2.24, 2.45) is 0 Å². The summed E-state index contributed by atoms with van der Waals surface area (Å²) >= 11 is 1.51. The van der Waals surface area contributed by atoms with Crippen molar-refractivity contribution in [3.8, 4) is 67.9 Å². The summed E-state index contributed by atoms with van der Waals surface area (Å²) in [4.78, 5) is 16.4. The number of aromatic amines is 2. The predicted molar refractivity (Wildman–Crippen MR) is 232 cm³/mol. The zero-order valence-corrected chi connectivity index (χ0v) is 34.4. The Morgan fingerprint density at radius 2 is 1.49 bits per heavy atom. The van der Waals surface area contributed by atoms with Gasteiger partial charge < -0.3 is 34.5 Å². The maximum absolute atomic E-state index is 16.1. The van der Waals surface area contributed by atoms with Gasteiger partial charge in [-0.2, -0.15) is 20.7 Å². The largest absolute Gasteiger partial charge is 0.508 e. The standard InChI is InChI=1S/C44H36F2N12O4S/c1-23-36-38(29(21-48)41(50-43(36)54-52-23)26-4-2-24(59)18-30(26)45)33-7-9-35(63-33)58-12-10-56(11-13-58)22-61-25-3-5-27(31(46)19-25)40-28(20-47)37(39-42(49)53-55-44(39)51-40)32-6-8-34(62-32)57-14-16-60-17-15-57/h2-9,18-19,59H,10-17,22H2,1H3,(H,50,52,54)(H3,49,51,53,55). The lowest BCUT2D eigenvalue weighted by atomic mass is 9.97.